The normalized spacial score (nSPS) is 9.95. The van der Waals surface area contributed by atoms with Gasteiger partial charge >= 0.3 is 0 Å². The molecule has 1 amide bonds. The minimum atomic E-state index is -0.193. The van der Waals surface area contributed by atoms with Crippen molar-refractivity contribution >= 4 is 17.3 Å². The molecule has 0 bridgehead atoms. The number of aromatic nitrogens is 1. The average Bonchev–Trinajstić information content (AvgIpc) is 2.47. The van der Waals surface area contributed by atoms with Crippen molar-refractivity contribution in [3.63, 3.8) is 0 Å². The van der Waals surface area contributed by atoms with E-state index in [0.29, 0.717) is 11.4 Å². The van der Waals surface area contributed by atoms with Gasteiger partial charge in [0.2, 0.25) is 5.88 Å². The highest BCUT2D eigenvalue weighted by Crippen LogP contribution is 2.18. The maximum atomic E-state index is 12.2. The second kappa shape index (κ2) is 6.06. The van der Waals surface area contributed by atoms with Gasteiger partial charge in [0.15, 0.2) is 0 Å². The minimum absolute atomic E-state index is 0.193. The number of methoxy groups -OCH3 is 1. The van der Waals surface area contributed by atoms with E-state index in [4.69, 9.17) is 4.74 Å². The first-order valence-electron chi connectivity index (χ1n) is 6.19. The number of nitrogens with zero attached hydrogens (tertiary/aromatic N) is 2. The van der Waals surface area contributed by atoms with Gasteiger partial charge in [0.25, 0.3) is 5.91 Å². The first kappa shape index (κ1) is 13.9. The predicted molar refractivity (Wildman–Crippen MR) is 79.5 cm³/mol. The Morgan fingerprint density at radius 3 is 2.75 bits per heavy atom. The average molecular weight is 271 g/mol. The maximum Gasteiger partial charge on any atom is 0.255 e. The largest absolute Gasteiger partial charge is 0.481 e. The Labute approximate surface area is 118 Å². The Hall–Kier alpha value is -2.56. The smallest absolute Gasteiger partial charge is 0.255 e. The van der Waals surface area contributed by atoms with Crippen molar-refractivity contribution in [2.75, 3.05) is 31.4 Å². The zero-order chi connectivity index (χ0) is 14.5. The first-order valence-corrected chi connectivity index (χ1v) is 6.19. The second-order valence-electron chi connectivity index (χ2n) is 4.49. The molecule has 0 atom stereocenters. The van der Waals surface area contributed by atoms with Crippen LogP contribution in [0.2, 0.25) is 0 Å². The second-order valence-corrected chi connectivity index (χ2v) is 4.49. The van der Waals surface area contributed by atoms with Gasteiger partial charge in [-0.15, -0.1) is 0 Å². The Bertz CT molecular complexity index is 612. The summed E-state index contributed by atoms with van der Waals surface area (Å²) in [5.74, 6) is 0.223. The highest BCUT2D eigenvalue weighted by Gasteiger charge is 2.08. The van der Waals surface area contributed by atoms with Crippen LogP contribution in [0.3, 0.4) is 0 Å². The molecule has 0 spiro atoms. The third kappa shape index (κ3) is 3.26. The van der Waals surface area contributed by atoms with Gasteiger partial charge in [0.05, 0.1) is 7.11 Å². The van der Waals surface area contributed by atoms with Crippen LogP contribution in [0, 0.1) is 0 Å². The number of anilines is 2. The number of rotatable bonds is 4. The number of hydrogen-bond donors (Lipinski definition) is 1. The van der Waals surface area contributed by atoms with Crippen LogP contribution in [-0.2, 0) is 0 Å². The van der Waals surface area contributed by atoms with E-state index in [-0.39, 0.29) is 5.91 Å². The van der Waals surface area contributed by atoms with E-state index in [1.165, 1.54) is 7.11 Å². The van der Waals surface area contributed by atoms with Crippen molar-refractivity contribution in [3.8, 4) is 5.88 Å². The lowest BCUT2D eigenvalue weighted by molar-refractivity contribution is 0.102. The molecule has 0 saturated heterocycles. The van der Waals surface area contributed by atoms with Crippen molar-refractivity contribution in [2.24, 2.45) is 0 Å². The summed E-state index contributed by atoms with van der Waals surface area (Å²) >= 11 is 0. The van der Waals surface area contributed by atoms with Gasteiger partial charge in [-0.05, 0) is 24.3 Å². The molecule has 20 heavy (non-hydrogen) atoms. The Morgan fingerprint density at radius 2 is 2.05 bits per heavy atom. The van der Waals surface area contributed by atoms with Gasteiger partial charge in [-0.3, -0.25) is 4.79 Å². The van der Waals surface area contributed by atoms with Crippen molar-refractivity contribution in [1.29, 1.82) is 0 Å². The SMILES string of the molecule is COc1cc(C(=O)Nc2cccc(N(C)C)c2)ccn1. The van der Waals surface area contributed by atoms with Crippen LogP contribution in [-0.4, -0.2) is 32.1 Å². The highest BCUT2D eigenvalue weighted by molar-refractivity contribution is 6.04. The number of carbonyl (C=O) groups excluding carboxylic acids is 1. The number of pyridine rings is 1. The topological polar surface area (TPSA) is 54.5 Å². The fraction of sp³-hybridized carbons (Fsp3) is 0.200. The summed E-state index contributed by atoms with van der Waals surface area (Å²) in [5, 5.41) is 2.86. The van der Waals surface area contributed by atoms with E-state index in [0.717, 1.165) is 11.4 Å². The summed E-state index contributed by atoms with van der Waals surface area (Å²) < 4.78 is 5.01. The van der Waals surface area contributed by atoms with Gasteiger partial charge in [0, 0.05) is 43.3 Å². The fourth-order valence-corrected chi connectivity index (χ4v) is 1.73. The van der Waals surface area contributed by atoms with Crippen LogP contribution in [0.1, 0.15) is 10.4 Å². The molecule has 1 N–H and O–H groups in total. The van der Waals surface area contributed by atoms with Crippen LogP contribution < -0.4 is 15.0 Å². The predicted octanol–water partition coefficient (Wildman–Crippen LogP) is 2.41. The molecule has 0 saturated carbocycles. The molecular formula is C15H17N3O2. The van der Waals surface area contributed by atoms with E-state index in [1.807, 2.05) is 43.3 Å². The molecule has 0 aliphatic rings. The minimum Gasteiger partial charge on any atom is -0.481 e. The van der Waals surface area contributed by atoms with E-state index < -0.39 is 0 Å². The summed E-state index contributed by atoms with van der Waals surface area (Å²) in [4.78, 5) is 18.1. The van der Waals surface area contributed by atoms with Crippen molar-refractivity contribution in [3.05, 3.63) is 48.2 Å². The third-order valence-corrected chi connectivity index (χ3v) is 2.83. The van der Waals surface area contributed by atoms with Crippen LogP contribution >= 0.6 is 0 Å². The first-order chi connectivity index (χ1) is 9.60. The quantitative estimate of drug-likeness (QED) is 0.927. The molecule has 104 valence electrons. The molecule has 1 heterocycles. The number of nitrogens with one attached hydrogen (secondary N) is 1. The monoisotopic (exact) mass is 271 g/mol. The van der Waals surface area contributed by atoms with Gasteiger partial charge in [-0.2, -0.15) is 0 Å². The summed E-state index contributed by atoms with van der Waals surface area (Å²) in [5.41, 5.74) is 2.28. The number of ether oxygens (including phenoxy) is 1. The summed E-state index contributed by atoms with van der Waals surface area (Å²) in [6.07, 6.45) is 1.55. The Balaban J connectivity index is 2.16. The van der Waals surface area contributed by atoms with Gasteiger partial charge in [0.1, 0.15) is 0 Å². The van der Waals surface area contributed by atoms with E-state index in [9.17, 15) is 4.79 Å². The number of carbonyl (C=O) groups is 1. The molecule has 1 aromatic heterocycles. The van der Waals surface area contributed by atoms with Crippen LogP contribution in [0.25, 0.3) is 0 Å². The van der Waals surface area contributed by atoms with E-state index in [2.05, 4.69) is 10.3 Å². The molecule has 0 aliphatic carbocycles. The summed E-state index contributed by atoms with van der Waals surface area (Å²) in [6.45, 7) is 0. The van der Waals surface area contributed by atoms with Crippen molar-refractivity contribution in [2.45, 2.75) is 0 Å². The van der Waals surface area contributed by atoms with Crippen molar-refractivity contribution in [1.82, 2.24) is 4.98 Å². The maximum absolute atomic E-state index is 12.2. The molecule has 2 aromatic rings. The molecule has 5 nitrogen and oxygen atoms in total. The number of hydrogen-bond acceptors (Lipinski definition) is 4. The molecule has 0 unspecified atom stereocenters. The molecule has 0 fully saturated rings. The zero-order valence-electron chi connectivity index (χ0n) is 11.8. The van der Waals surface area contributed by atoms with E-state index in [1.54, 1.807) is 18.3 Å². The summed E-state index contributed by atoms with van der Waals surface area (Å²) in [6, 6.07) is 10.9. The van der Waals surface area contributed by atoms with Gasteiger partial charge in [-0.25, -0.2) is 4.98 Å². The Morgan fingerprint density at radius 1 is 1.25 bits per heavy atom. The molecular weight excluding hydrogens is 254 g/mol. The fourth-order valence-electron chi connectivity index (χ4n) is 1.73. The Kier molecular flexibility index (Phi) is 4.20. The molecule has 0 radical (unpaired) electrons. The number of amides is 1. The van der Waals surface area contributed by atoms with Gasteiger partial charge < -0.3 is 15.0 Å². The highest BCUT2D eigenvalue weighted by atomic mass is 16.5. The van der Waals surface area contributed by atoms with Crippen molar-refractivity contribution < 1.29 is 9.53 Å². The number of benzene rings is 1. The van der Waals surface area contributed by atoms with Gasteiger partial charge in [-0.1, -0.05) is 6.07 Å². The molecule has 0 aliphatic heterocycles. The lowest BCUT2D eigenvalue weighted by Crippen LogP contribution is -2.13. The van der Waals surface area contributed by atoms with Crippen LogP contribution in [0.5, 0.6) is 5.88 Å². The van der Waals surface area contributed by atoms with Crippen LogP contribution in [0.15, 0.2) is 42.6 Å². The molecule has 1 aromatic carbocycles. The molecule has 5 heteroatoms. The molecule has 2 rings (SSSR count). The third-order valence-electron chi connectivity index (χ3n) is 2.83. The van der Waals surface area contributed by atoms with Crippen LogP contribution in [0.4, 0.5) is 11.4 Å². The lowest BCUT2D eigenvalue weighted by atomic mass is 10.2. The standard InChI is InChI=1S/C15H17N3O2/c1-18(2)13-6-4-5-12(10-13)17-15(19)11-7-8-16-14(9-11)20-3/h4-10H,1-3H3,(H,17,19). The van der Waals surface area contributed by atoms with E-state index >= 15 is 0 Å². The summed E-state index contributed by atoms with van der Waals surface area (Å²) in [7, 11) is 5.42. The lowest BCUT2D eigenvalue weighted by Gasteiger charge is -2.14. The zero-order valence-corrected chi connectivity index (χ0v) is 11.8.